The molecule has 9 heavy (non-hydrogen) atoms. The molecule has 0 bridgehead atoms. The maximum absolute atomic E-state index is 2.12. The second-order valence-electron chi connectivity index (χ2n) is 1.41. The molecule has 0 heterocycles. The van der Waals surface area contributed by atoms with Crippen LogP contribution in [0.2, 0.25) is 0 Å². The smallest absolute Gasteiger partial charge is 0.0590 e. The number of hydrogen-bond donors (Lipinski definition) is 0. The fourth-order valence-electron chi connectivity index (χ4n) is 0. The highest BCUT2D eigenvalue weighted by Crippen LogP contribution is 1.56. The van der Waals surface area contributed by atoms with Crippen LogP contribution >= 0.6 is 0 Å². The van der Waals surface area contributed by atoms with Crippen molar-refractivity contribution in [3.8, 4) is 0 Å². The summed E-state index contributed by atoms with van der Waals surface area (Å²) in [6.45, 7) is 8.50. The van der Waals surface area contributed by atoms with Crippen molar-refractivity contribution in [3.63, 3.8) is 0 Å². The van der Waals surface area contributed by atoms with Crippen LogP contribution in [0.3, 0.4) is 0 Å². The first-order valence-electron chi connectivity index (χ1n) is 2.83. The van der Waals surface area contributed by atoms with Crippen LogP contribution in [0.25, 0.3) is 0 Å². The topological polar surface area (TPSA) is 0 Å². The van der Waals surface area contributed by atoms with E-state index < -0.39 is 0 Å². The van der Waals surface area contributed by atoms with Crippen LogP contribution in [0, 0.1) is 0 Å². The van der Waals surface area contributed by atoms with Crippen molar-refractivity contribution in [2.75, 3.05) is 0 Å². The Morgan fingerprint density at radius 3 is 0.556 bits per heavy atom. The number of hydrogen-bond acceptors (Lipinski definition) is 0. The molecule has 0 aromatic heterocycles. The lowest BCUT2D eigenvalue weighted by Crippen LogP contribution is -1.27. The molecule has 0 nitrogen and oxygen atoms in total. The van der Waals surface area contributed by atoms with Gasteiger partial charge >= 0.3 is 0 Å². The first-order valence-corrected chi connectivity index (χ1v) is 2.83. The molecule has 0 aromatic carbocycles. The van der Waals surface area contributed by atoms with E-state index in [-0.39, 0.29) is 22.3 Å². The highest BCUT2D eigenvalue weighted by atomic mass is 13.4. The zero-order valence-corrected chi connectivity index (χ0v) is 5.41. The van der Waals surface area contributed by atoms with E-state index in [0.717, 1.165) is 0 Å². The van der Waals surface area contributed by atoms with Gasteiger partial charge < -0.3 is 0 Å². The Morgan fingerprint density at radius 2 is 0.556 bits per heavy atom. The largest absolute Gasteiger partial charge is 0.0776 e. The summed E-state index contributed by atoms with van der Waals surface area (Å²) in [4.78, 5) is 0. The quantitative estimate of drug-likeness (QED) is 0.451. The number of rotatable bonds is 0. The lowest BCUT2D eigenvalue weighted by Gasteiger charge is -1.48. The molecule has 0 unspecified atom stereocenters. The SMILES string of the molecule is C.C.C.CCC.CCC. The van der Waals surface area contributed by atoms with Gasteiger partial charge in [-0.2, -0.15) is 0 Å². The first kappa shape index (κ1) is 36.0. The molecule has 0 N–H and O–H groups in total. The molecule has 0 fully saturated rings. The lowest BCUT2D eigenvalue weighted by molar-refractivity contribution is 1.09. The van der Waals surface area contributed by atoms with Crippen LogP contribution in [0.15, 0.2) is 0 Å². The second kappa shape index (κ2) is 98.0. The van der Waals surface area contributed by atoms with Crippen LogP contribution in [0.1, 0.15) is 62.8 Å². The van der Waals surface area contributed by atoms with Gasteiger partial charge in [-0.1, -0.05) is 62.8 Å². The second-order valence-corrected chi connectivity index (χ2v) is 1.41. The normalized spacial score (nSPS) is 4.00. The van der Waals surface area contributed by atoms with Gasteiger partial charge in [0, 0.05) is 0 Å². The van der Waals surface area contributed by atoms with Gasteiger partial charge in [-0.15, -0.1) is 0 Å². The fourth-order valence-corrected chi connectivity index (χ4v) is 0. The minimum atomic E-state index is 0. The molecular weight excluding hydrogens is 108 g/mol. The molecule has 0 aliphatic heterocycles. The minimum Gasteiger partial charge on any atom is -0.0776 e. The Kier molecular flexibility index (Phi) is 392. The standard InChI is InChI=1S/2C3H8.3CH4/c2*1-3-2;;;/h2*3H2,1-2H3;3*1H4. The zero-order chi connectivity index (χ0) is 5.41. The van der Waals surface area contributed by atoms with E-state index in [4.69, 9.17) is 0 Å². The Bertz CT molecular complexity index is 2.00. The maximum Gasteiger partial charge on any atom is -0.0590 e. The monoisotopic (exact) mass is 136 g/mol. The molecule has 0 saturated carbocycles. The molecule has 0 radical (unpaired) electrons. The lowest BCUT2D eigenvalue weighted by atomic mass is 10.6. The highest BCUT2D eigenvalue weighted by Gasteiger charge is 1.36. The molecule has 0 rings (SSSR count). The third-order valence-corrected chi connectivity index (χ3v) is 0. The van der Waals surface area contributed by atoms with Gasteiger partial charge in [0.05, 0.1) is 0 Å². The zero-order valence-electron chi connectivity index (χ0n) is 5.41. The van der Waals surface area contributed by atoms with Crippen molar-refractivity contribution in [2.45, 2.75) is 62.8 Å². The summed E-state index contributed by atoms with van der Waals surface area (Å²) in [5.74, 6) is 0. The van der Waals surface area contributed by atoms with E-state index in [1.165, 1.54) is 12.8 Å². The minimum absolute atomic E-state index is 0. The van der Waals surface area contributed by atoms with E-state index in [0.29, 0.717) is 0 Å². The van der Waals surface area contributed by atoms with E-state index in [9.17, 15) is 0 Å². The summed E-state index contributed by atoms with van der Waals surface area (Å²) in [5, 5.41) is 0. The summed E-state index contributed by atoms with van der Waals surface area (Å²) >= 11 is 0. The highest BCUT2D eigenvalue weighted by molar-refractivity contribution is 3.92. The summed E-state index contributed by atoms with van der Waals surface area (Å²) < 4.78 is 0. The third kappa shape index (κ3) is 0. The summed E-state index contributed by atoms with van der Waals surface area (Å²) in [7, 11) is 0. The van der Waals surface area contributed by atoms with Gasteiger partial charge in [0.25, 0.3) is 0 Å². The van der Waals surface area contributed by atoms with Crippen molar-refractivity contribution in [3.05, 3.63) is 0 Å². The van der Waals surface area contributed by atoms with E-state index in [1.54, 1.807) is 0 Å². The predicted molar refractivity (Wildman–Crippen MR) is 52.1 cm³/mol. The molecule has 64 valence electrons. The third-order valence-electron chi connectivity index (χ3n) is 0. The van der Waals surface area contributed by atoms with Crippen LogP contribution in [-0.2, 0) is 0 Å². The van der Waals surface area contributed by atoms with E-state index >= 15 is 0 Å². The van der Waals surface area contributed by atoms with E-state index in [2.05, 4.69) is 27.7 Å². The Balaban J connectivity index is -0.00000000889. The van der Waals surface area contributed by atoms with Crippen molar-refractivity contribution in [1.29, 1.82) is 0 Å². The average molecular weight is 136 g/mol. The van der Waals surface area contributed by atoms with Crippen molar-refractivity contribution >= 4 is 0 Å². The van der Waals surface area contributed by atoms with Gasteiger partial charge in [-0.3, -0.25) is 0 Å². The molecule has 0 spiro atoms. The molecule has 0 saturated heterocycles. The van der Waals surface area contributed by atoms with Gasteiger partial charge in [-0.25, -0.2) is 0 Å². The van der Waals surface area contributed by atoms with Gasteiger partial charge in [-0.05, 0) is 0 Å². The van der Waals surface area contributed by atoms with Crippen molar-refractivity contribution < 1.29 is 0 Å². The van der Waals surface area contributed by atoms with Crippen molar-refractivity contribution in [1.82, 2.24) is 0 Å². The molecule has 0 heteroatoms. The van der Waals surface area contributed by atoms with Gasteiger partial charge in [0.1, 0.15) is 0 Å². The molecule has 0 aliphatic rings. The summed E-state index contributed by atoms with van der Waals surface area (Å²) in [6.07, 6.45) is 2.50. The van der Waals surface area contributed by atoms with Crippen LogP contribution in [0.4, 0.5) is 0 Å². The van der Waals surface area contributed by atoms with Crippen molar-refractivity contribution in [2.24, 2.45) is 0 Å². The van der Waals surface area contributed by atoms with Gasteiger partial charge in [0.2, 0.25) is 0 Å². The molecule has 0 atom stereocenters. The van der Waals surface area contributed by atoms with Crippen LogP contribution in [0.5, 0.6) is 0 Å². The molecule has 0 amide bonds. The predicted octanol–water partition coefficient (Wildman–Crippen LogP) is 4.74. The average Bonchev–Trinajstić information content (AvgIpc) is 1.39. The maximum atomic E-state index is 2.12. The molecule has 0 aliphatic carbocycles. The van der Waals surface area contributed by atoms with Crippen LogP contribution in [-0.4, -0.2) is 0 Å². The molecular formula is C9H28. The summed E-state index contributed by atoms with van der Waals surface area (Å²) in [6, 6.07) is 0. The fraction of sp³-hybridized carbons (Fsp3) is 1.00. The molecule has 0 aromatic rings. The first-order chi connectivity index (χ1) is 2.83. The van der Waals surface area contributed by atoms with Gasteiger partial charge in [0.15, 0.2) is 0 Å². The Morgan fingerprint density at radius 1 is 0.556 bits per heavy atom. The van der Waals surface area contributed by atoms with E-state index in [1.807, 2.05) is 0 Å². The van der Waals surface area contributed by atoms with Crippen LogP contribution < -0.4 is 0 Å². The summed E-state index contributed by atoms with van der Waals surface area (Å²) in [5.41, 5.74) is 0. The Labute approximate surface area is 63.7 Å². The Hall–Kier alpha value is 0.